The topological polar surface area (TPSA) is 37.3 Å². The first-order valence-electron chi connectivity index (χ1n) is 4.36. The molecule has 2 aromatic rings. The van der Waals surface area contributed by atoms with Crippen molar-refractivity contribution in [1.29, 1.82) is 0 Å². The van der Waals surface area contributed by atoms with Crippen LogP contribution in [0.3, 0.4) is 0 Å². The normalized spacial score (nSPS) is 10.6. The van der Waals surface area contributed by atoms with Crippen LogP contribution >= 0.6 is 11.3 Å². The van der Waals surface area contributed by atoms with Crippen molar-refractivity contribution in [2.75, 3.05) is 0 Å². The number of hydrogen-bond donors (Lipinski definition) is 1. The fraction of sp³-hybridized carbons (Fsp3) is 0.182. The summed E-state index contributed by atoms with van der Waals surface area (Å²) in [5.74, 6) is -0.770. The molecule has 0 saturated heterocycles. The van der Waals surface area contributed by atoms with E-state index in [1.807, 2.05) is 25.1 Å². The summed E-state index contributed by atoms with van der Waals surface area (Å²) in [5.41, 5.74) is 1.21. The van der Waals surface area contributed by atoms with Crippen LogP contribution in [-0.4, -0.2) is 11.1 Å². The lowest BCUT2D eigenvalue weighted by Crippen LogP contribution is -1.96. The number of carbonyl (C=O) groups is 1. The molecule has 0 aliphatic rings. The van der Waals surface area contributed by atoms with Gasteiger partial charge in [-0.1, -0.05) is 12.1 Å². The van der Waals surface area contributed by atoms with Gasteiger partial charge in [-0.15, -0.1) is 11.3 Å². The second-order valence-electron chi connectivity index (χ2n) is 3.32. The molecule has 0 amide bonds. The van der Waals surface area contributed by atoms with E-state index in [1.165, 1.54) is 10.3 Å². The smallest absolute Gasteiger partial charge is 0.308 e. The largest absolute Gasteiger partial charge is 0.481 e. The van der Waals surface area contributed by atoms with Gasteiger partial charge in [-0.05, 0) is 30.0 Å². The maximum Gasteiger partial charge on any atom is 0.308 e. The van der Waals surface area contributed by atoms with E-state index < -0.39 is 5.97 Å². The van der Waals surface area contributed by atoms with Gasteiger partial charge in [-0.2, -0.15) is 0 Å². The molecular formula is C11H10O2S. The molecule has 3 heteroatoms. The van der Waals surface area contributed by atoms with Gasteiger partial charge in [0.25, 0.3) is 0 Å². The van der Waals surface area contributed by atoms with Crippen molar-refractivity contribution in [2.45, 2.75) is 13.3 Å². The third-order valence-corrected chi connectivity index (χ3v) is 3.15. The molecule has 0 bridgehead atoms. The molecule has 1 aromatic carbocycles. The quantitative estimate of drug-likeness (QED) is 0.820. The number of carboxylic acid groups (broad SMARTS) is 1. The van der Waals surface area contributed by atoms with Gasteiger partial charge in [-0.3, -0.25) is 4.79 Å². The summed E-state index contributed by atoms with van der Waals surface area (Å²) in [6.07, 6.45) is 0.123. The van der Waals surface area contributed by atoms with Crippen molar-refractivity contribution >= 4 is 27.4 Å². The fourth-order valence-electron chi connectivity index (χ4n) is 1.43. The Morgan fingerprint density at radius 2 is 2.21 bits per heavy atom. The molecule has 14 heavy (non-hydrogen) atoms. The van der Waals surface area contributed by atoms with Gasteiger partial charge in [0.1, 0.15) is 0 Å². The Labute approximate surface area is 85.8 Å². The third-order valence-electron chi connectivity index (χ3n) is 2.05. The molecule has 0 radical (unpaired) electrons. The summed E-state index contributed by atoms with van der Waals surface area (Å²) >= 11 is 1.56. The SMILES string of the molecule is Cc1ccc2cc(CC(=O)O)sc2c1. The van der Waals surface area contributed by atoms with E-state index >= 15 is 0 Å². The van der Waals surface area contributed by atoms with Crippen LogP contribution in [0.4, 0.5) is 0 Å². The Bertz CT molecular complexity index is 485. The van der Waals surface area contributed by atoms with Crippen LogP contribution in [0.5, 0.6) is 0 Å². The van der Waals surface area contributed by atoms with E-state index in [0.29, 0.717) is 0 Å². The molecule has 0 saturated carbocycles. The first-order chi connectivity index (χ1) is 6.65. The number of carboxylic acids is 1. The minimum atomic E-state index is -0.770. The van der Waals surface area contributed by atoms with Crippen molar-refractivity contribution < 1.29 is 9.90 Å². The van der Waals surface area contributed by atoms with Crippen molar-refractivity contribution in [3.63, 3.8) is 0 Å². The average molecular weight is 206 g/mol. The summed E-state index contributed by atoms with van der Waals surface area (Å²) < 4.78 is 1.17. The summed E-state index contributed by atoms with van der Waals surface area (Å²) in [6, 6.07) is 8.12. The van der Waals surface area contributed by atoms with Gasteiger partial charge in [0.05, 0.1) is 6.42 Å². The molecule has 1 aromatic heterocycles. The van der Waals surface area contributed by atoms with Gasteiger partial charge < -0.3 is 5.11 Å². The van der Waals surface area contributed by atoms with E-state index in [9.17, 15) is 4.79 Å². The number of benzene rings is 1. The number of thiophene rings is 1. The Morgan fingerprint density at radius 1 is 1.43 bits per heavy atom. The standard InChI is InChI=1S/C11H10O2S/c1-7-2-3-8-5-9(6-11(12)13)14-10(8)4-7/h2-5H,6H2,1H3,(H,12,13). The second-order valence-corrected chi connectivity index (χ2v) is 4.49. The molecule has 0 spiro atoms. The van der Waals surface area contributed by atoms with Gasteiger partial charge in [0.15, 0.2) is 0 Å². The predicted molar refractivity (Wildman–Crippen MR) is 57.9 cm³/mol. The van der Waals surface area contributed by atoms with Crippen molar-refractivity contribution in [1.82, 2.24) is 0 Å². The number of aryl methyl sites for hydroxylation is 1. The number of aliphatic carboxylic acids is 1. The summed E-state index contributed by atoms with van der Waals surface area (Å²) in [6.45, 7) is 2.04. The zero-order chi connectivity index (χ0) is 10.1. The van der Waals surface area contributed by atoms with Crippen LogP contribution in [0.25, 0.3) is 10.1 Å². The van der Waals surface area contributed by atoms with E-state index in [0.717, 1.165) is 10.3 Å². The molecular weight excluding hydrogens is 196 g/mol. The molecule has 0 aliphatic heterocycles. The highest BCUT2D eigenvalue weighted by molar-refractivity contribution is 7.19. The summed E-state index contributed by atoms with van der Waals surface area (Å²) in [5, 5.41) is 9.79. The fourth-order valence-corrected chi connectivity index (χ4v) is 2.58. The molecule has 0 unspecified atom stereocenters. The monoisotopic (exact) mass is 206 g/mol. The van der Waals surface area contributed by atoms with Crippen LogP contribution in [0.1, 0.15) is 10.4 Å². The van der Waals surface area contributed by atoms with Gasteiger partial charge >= 0.3 is 5.97 Å². The minimum Gasteiger partial charge on any atom is -0.481 e. The highest BCUT2D eigenvalue weighted by atomic mass is 32.1. The van der Waals surface area contributed by atoms with Crippen molar-refractivity contribution in [3.05, 3.63) is 34.7 Å². The predicted octanol–water partition coefficient (Wildman–Crippen LogP) is 2.84. The Balaban J connectivity index is 2.46. The van der Waals surface area contributed by atoms with E-state index in [1.54, 1.807) is 11.3 Å². The second kappa shape index (κ2) is 3.42. The third kappa shape index (κ3) is 1.77. The number of rotatable bonds is 2. The van der Waals surface area contributed by atoms with Crippen LogP contribution < -0.4 is 0 Å². The van der Waals surface area contributed by atoms with E-state index in [2.05, 4.69) is 6.07 Å². The molecule has 1 N–H and O–H groups in total. The first kappa shape index (κ1) is 9.21. The molecule has 72 valence electrons. The number of fused-ring (bicyclic) bond motifs is 1. The first-order valence-corrected chi connectivity index (χ1v) is 5.17. The number of hydrogen-bond acceptors (Lipinski definition) is 2. The highest BCUT2D eigenvalue weighted by Gasteiger charge is 2.05. The van der Waals surface area contributed by atoms with Crippen LogP contribution in [0.2, 0.25) is 0 Å². The van der Waals surface area contributed by atoms with Gasteiger partial charge in [0, 0.05) is 9.58 Å². The Morgan fingerprint density at radius 3 is 2.93 bits per heavy atom. The van der Waals surface area contributed by atoms with Gasteiger partial charge in [0.2, 0.25) is 0 Å². The van der Waals surface area contributed by atoms with Crippen LogP contribution in [0, 0.1) is 6.92 Å². The summed E-state index contributed by atoms with van der Waals surface area (Å²) in [4.78, 5) is 11.4. The zero-order valence-corrected chi connectivity index (χ0v) is 8.60. The molecule has 0 atom stereocenters. The summed E-state index contributed by atoms with van der Waals surface area (Å²) in [7, 11) is 0. The lowest BCUT2D eigenvalue weighted by Gasteiger charge is -1.89. The molecule has 0 fully saturated rings. The highest BCUT2D eigenvalue weighted by Crippen LogP contribution is 2.26. The molecule has 1 heterocycles. The van der Waals surface area contributed by atoms with E-state index in [4.69, 9.17) is 5.11 Å². The van der Waals surface area contributed by atoms with Crippen molar-refractivity contribution in [2.24, 2.45) is 0 Å². The minimum absolute atomic E-state index is 0.123. The van der Waals surface area contributed by atoms with Gasteiger partial charge in [-0.25, -0.2) is 0 Å². The average Bonchev–Trinajstić information content (AvgIpc) is 2.44. The Kier molecular flexibility index (Phi) is 2.25. The maximum absolute atomic E-state index is 10.5. The Hall–Kier alpha value is -1.35. The molecule has 2 nitrogen and oxygen atoms in total. The lowest BCUT2D eigenvalue weighted by atomic mass is 10.2. The zero-order valence-electron chi connectivity index (χ0n) is 7.78. The maximum atomic E-state index is 10.5. The van der Waals surface area contributed by atoms with Crippen LogP contribution in [0.15, 0.2) is 24.3 Å². The molecule has 0 aliphatic carbocycles. The van der Waals surface area contributed by atoms with Crippen molar-refractivity contribution in [3.8, 4) is 0 Å². The van der Waals surface area contributed by atoms with Crippen LogP contribution in [-0.2, 0) is 11.2 Å². The molecule has 2 rings (SSSR count). The lowest BCUT2D eigenvalue weighted by molar-refractivity contribution is -0.136. The van der Waals surface area contributed by atoms with E-state index in [-0.39, 0.29) is 6.42 Å².